The fraction of sp³-hybridized carbons (Fsp3) is 0.222. The van der Waals surface area contributed by atoms with E-state index < -0.39 is 5.76 Å². The number of amides is 1. The summed E-state index contributed by atoms with van der Waals surface area (Å²) in [6.07, 6.45) is 0.657. The molecule has 3 aromatic rings. The number of H-pyrrole nitrogens is 1. The molecule has 6 heteroatoms. The maximum absolute atomic E-state index is 12.2. The third kappa shape index (κ3) is 3.48. The minimum absolute atomic E-state index is 0.104. The van der Waals surface area contributed by atoms with E-state index in [2.05, 4.69) is 10.3 Å². The van der Waals surface area contributed by atoms with Gasteiger partial charge in [0.05, 0.1) is 5.52 Å². The molecule has 0 saturated heterocycles. The molecule has 2 N–H and O–H groups in total. The summed E-state index contributed by atoms with van der Waals surface area (Å²) in [4.78, 5) is 27.9. The second-order valence-electron chi connectivity index (χ2n) is 5.80. The molecule has 0 unspecified atom stereocenters. The Morgan fingerprint density at radius 1 is 1.21 bits per heavy atom. The molecule has 1 amide bonds. The third-order valence-corrected chi connectivity index (χ3v) is 3.81. The summed E-state index contributed by atoms with van der Waals surface area (Å²) >= 11 is 0. The molecular weight excluding hydrogens is 306 g/mol. The minimum atomic E-state index is -0.462. The Morgan fingerprint density at radius 2 is 2.04 bits per heavy atom. The molecule has 0 spiro atoms. The lowest BCUT2D eigenvalue weighted by molar-refractivity contribution is 0.0954. The summed E-state index contributed by atoms with van der Waals surface area (Å²) in [6.45, 7) is 0.505. The van der Waals surface area contributed by atoms with Crippen LogP contribution in [0.3, 0.4) is 0 Å². The second kappa shape index (κ2) is 6.62. The van der Waals surface area contributed by atoms with Gasteiger partial charge < -0.3 is 14.6 Å². The van der Waals surface area contributed by atoms with E-state index in [1.165, 1.54) is 0 Å². The van der Waals surface area contributed by atoms with E-state index >= 15 is 0 Å². The van der Waals surface area contributed by atoms with E-state index in [9.17, 15) is 9.59 Å². The van der Waals surface area contributed by atoms with Gasteiger partial charge in [-0.05, 0) is 42.3 Å². The molecule has 124 valence electrons. The Balaban J connectivity index is 1.61. The summed E-state index contributed by atoms with van der Waals surface area (Å²) in [5, 5.41) is 2.91. The normalized spacial score (nSPS) is 10.8. The van der Waals surface area contributed by atoms with Crippen molar-refractivity contribution < 1.29 is 9.21 Å². The summed E-state index contributed by atoms with van der Waals surface area (Å²) in [7, 11) is 3.87. The number of aromatic nitrogens is 1. The van der Waals surface area contributed by atoms with Gasteiger partial charge in [-0.2, -0.15) is 0 Å². The average Bonchev–Trinajstić information content (AvgIpc) is 2.94. The van der Waals surface area contributed by atoms with Crippen molar-refractivity contribution in [1.29, 1.82) is 0 Å². The first-order chi connectivity index (χ1) is 11.5. The number of benzene rings is 2. The monoisotopic (exact) mass is 325 g/mol. The molecule has 0 atom stereocenters. The van der Waals surface area contributed by atoms with Crippen LogP contribution in [0.25, 0.3) is 11.1 Å². The number of nitrogens with one attached hydrogen (secondary N) is 2. The number of aromatic amines is 1. The first kappa shape index (κ1) is 15.9. The molecule has 0 radical (unpaired) electrons. The van der Waals surface area contributed by atoms with Gasteiger partial charge in [0.25, 0.3) is 5.91 Å². The van der Waals surface area contributed by atoms with E-state index in [0.717, 1.165) is 11.3 Å². The van der Waals surface area contributed by atoms with Crippen molar-refractivity contribution in [2.45, 2.75) is 6.42 Å². The zero-order valence-corrected chi connectivity index (χ0v) is 13.6. The van der Waals surface area contributed by atoms with Crippen LogP contribution in [0.5, 0.6) is 0 Å². The summed E-state index contributed by atoms with van der Waals surface area (Å²) < 4.78 is 5.04. The van der Waals surface area contributed by atoms with Gasteiger partial charge in [0.2, 0.25) is 0 Å². The number of hydrogen-bond acceptors (Lipinski definition) is 4. The predicted octanol–water partition coefficient (Wildman–Crippen LogP) is 2.16. The molecule has 1 heterocycles. The molecule has 2 aromatic carbocycles. The minimum Gasteiger partial charge on any atom is -0.408 e. The van der Waals surface area contributed by atoms with Crippen molar-refractivity contribution >= 4 is 22.7 Å². The van der Waals surface area contributed by atoms with Crippen molar-refractivity contribution in [3.8, 4) is 0 Å². The molecule has 24 heavy (non-hydrogen) atoms. The highest BCUT2D eigenvalue weighted by atomic mass is 16.4. The largest absolute Gasteiger partial charge is 0.417 e. The van der Waals surface area contributed by atoms with Gasteiger partial charge in [-0.3, -0.25) is 9.78 Å². The average molecular weight is 325 g/mol. The summed E-state index contributed by atoms with van der Waals surface area (Å²) in [6, 6.07) is 13.0. The first-order valence-electron chi connectivity index (χ1n) is 7.70. The Labute approximate surface area is 139 Å². The molecule has 0 aliphatic carbocycles. The van der Waals surface area contributed by atoms with Gasteiger partial charge in [-0.15, -0.1) is 0 Å². The third-order valence-electron chi connectivity index (χ3n) is 3.81. The van der Waals surface area contributed by atoms with Gasteiger partial charge in [0.1, 0.15) is 0 Å². The van der Waals surface area contributed by atoms with Crippen molar-refractivity contribution in [3.05, 3.63) is 64.1 Å². The molecule has 3 rings (SSSR count). The van der Waals surface area contributed by atoms with Crippen LogP contribution in [-0.4, -0.2) is 31.5 Å². The maximum Gasteiger partial charge on any atom is 0.417 e. The van der Waals surface area contributed by atoms with Crippen molar-refractivity contribution in [1.82, 2.24) is 10.3 Å². The quantitative estimate of drug-likeness (QED) is 0.753. The fourth-order valence-electron chi connectivity index (χ4n) is 2.49. The SMILES string of the molecule is CN(C)c1cccc(C(=O)NCCc2ccc3[nH]c(=O)oc3c2)c1. The molecular formula is C18H19N3O3. The number of oxazole rings is 1. The topological polar surface area (TPSA) is 78.3 Å². The van der Waals surface area contributed by atoms with Crippen LogP contribution in [0.2, 0.25) is 0 Å². The lowest BCUT2D eigenvalue weighted by atomic mass is 10.1. The lowest BCUT2D eigenvalue weighted by Gasteiger charge is -2.13. The Hall–Kier alpha value is -3.02. The van der Waals surface area contributed by atoms with Gasteiger partial charge in [-0.1, -0.05) is 12.1 Å². The van der Waals surface area contributed by atoms with Crippen LogP contribution in [0.15, 0.2) is 51.7 Å². The first-order valence-corrected chi connectivity index (χ1v) is 7.70. The highest BCUT2D eigenvalue weighted by Gasteiger charge is 2.07. The number of fused-ring (bicyclic) bond motifs is 1. The van der Waals surface area contributed by atoms with E-state index in [1.807, 2.05) is 49.3 Å². The van der Waals surface area contributed by atoms with Crippen molar-refractivity contribution in [2.24, 2.45) is 0 Å². The summed E-state index contributed by atoms with van der Waals surface area (Å²) in [5.74, 6) is -0.566. The number of nitrogens with zero attached hydrogens (tertiary/aromatic N) is 1. The van der Waals surface area contributed by atoms with Gasteiger partial charge in [0.15, 0.2) is 5.58 Å². The number of hydrogen-bond donors (Lipinski definition) is 2. The zero-order valence-electron chi connectivity index (χ0n) is 13.6. The van der Waals surface area contributed by atoms with Gasteiger partial charge >= 0.3 is 5.76 Å². The Morgan fingerprint density at radius 3 is 2.83 bits per heavy atom. The number of carbonyl (C=O) groups is 1. The number of rotatable bonds is 5. The molecule has 0 aliphatic heterocycles. The Kier molecular flexibility index (Phi) is 4.37. The van der Waals surface area contributed by atoms with E-state index in [4.69, 9.17) is 4.42 Å². The molecule has 6 nitrogen and oxygen atoms in total. The van der Waals surface area contributed by atoms with Crippen LogP contribution in [0, 0.1) is 0 Å². The molecule has 1 aromatic heterocycles. The lowest BCUT2D eigenvalue weighted by Crippen LogP contribution is -2.25. The number of anilines is 1. The standard InChI is InChI=1S/C18H19N3O3/c1-21(2)14-5-3-4-13(11-14)17(22)19-9-8-12-6-7-15-16(10-12)24-18(23)20-15/h3-7,10-11H,8-9H2,1-2H3,(H,19,22)(H,20,23). The molecule has 0 fully saturated rings. The van der Waals surface area contributed by atoms with Crippen LogP contribution < -0.4 is 16.0 Å². The Bertz CT molecular complexity index is 924. The van der Waals surface area contributed by atoms with Crippen molar-refractivity contribution in [2.75, 3.05) is 25.5 Å². The van der Waals surface area contributed by atoms with Crippen molar-refractivity contribution in [3.63, 3.8) is 0 Å². The highest BCUT2D eigenvalue weighted by Crippen LogP contribution is 2.14. The van der Waals surface area contributed by atoms with E-state index in [1.54, 1.807) is 12.1 Å². The number of carbonyl (C=O) groups excluding carboxylic acids is 1. The van der Waals surface area contributed by atoms with E-state index in [-0.39, 0.29) is 5.91 Å². The van der Waals surface area contributed by atoms with E-state index in [0.29, 0.717) is 29.6 Å². The van der Waals surface area contributed by atoms with Crippen LogP contribution in [0.1, 0.15) is 15.9 Å². The second-order valence-corrected chi connectivity index (χ2v) is 5.80. The van der Waals surface area contributed by atoms with Gasteiger partial charge in [-0.25, -0.2) is 4.79 Å². The van der Waals surface area contributed by atoms with Crippen LogP contribution in [-0.2, 0) is 6.42 Å². The highest BCUT2D eigenvalue weighted by molar-refractivity contribution is 5.95. The van der Waals surface area contributed by atoms with Crippen LogP contribution >= 0.6 is 0 Å². The maximum atomic E-state index is 12.2. The smallest absolute Gasteiger partial charge is 0.408 e. The fourth-order valence-corrected chi connectivity index (χ4v) is 2.49. The summed E-state index contributed by atoms with van der Waals surface area (Å²) in [5.41, 5.74) is 3.81. The van der Waals surface area contributed by atoms with Gasteiger partial charge in [0, 0.05) is 31.9 Å². The molecule has 0 saturated carbocycles. The predicted molar refractivity (Wildman–Crippen MR) is 93.6 cm³/mol. The molecule has 0 aliphatic rings. The van der Waals surface area contributed by atoms with Crippen LogP contribution in [0.4, 0.5) is 5.69 Å². The molecule has 0 bridgehead atoms. The zero-order chi connectivity index (χ0) is 17.1.